The molecule has 0 bridgehead atoms. The molecule has 3 aromatic rings. The van der Waals surface area contributed by atoms with Crippen molar-refractivity contribution in [2.24, 2.45) is 0 Å². The minimum Gasteiger partial charge on any atom is -0.398 e. The van der Waals surface area contributed by atoms with Crippen LogP contribution in [0.15, 0.2) is 48.5 Å². The van der Waals surface area contributed by atoms with Gasteiger partial charge in [-0.1, -0.05) is 41.9 Å². The van der Waals surface area contributed by atoms with Crippen LogP contribution in [0, 0.1) is 5.82 Å². The van der Waals surface area contributed by atoms with Crippen LogP contribution in [-0.2, 0) is 0 Å². The van der Waals surface area contributed by atoms with Gasteiger partial charge in [-0.3, -0.25) is 0 Å². The number of hydrogen-bond acceptors (Lipinski definition) is 2. The molecule has 0 atom stereocenters. The van der Waals surface area contributed by atoms with Crippen molar-refractivity contribution in [2.45, 2.75) is 0 Å². The van der Waals surface area contributed by atoms with E-state index in [9.17, 15) is 4.39 Å². The monoisotopic (exact) mass is 272 g/mol. The number of benzene rings is 2. The Balaban J connectivity index is 2.34. The second kappa shape index (κ2) is 4.52. The molecule has 2 N–H and O–H groups in total. The van der Waals surface area contributed by atoms with E-state index in [4.69, 9.17) is 17.3 Å². The van der Waals surface area contributed by atoms with E-state index < -0.39 is 5.82 Å². The molecular weight excluding hydrogens is 263 g/mol. The Morgan fingerprint density at radius 2 is 1.79 bits per heavy atom. The summed E-state index contributed by atoms with van der Waals surface area (Å²) in [5.74, 6) is -0.427. The van der Waals surface area contributed by atoms with Crippen molar-refractivity contribution in [3.8, 4) is 11.3 Å². The minimum atomic E-state index is -0.427. The summed E-state index contributed by atoms with van der Waals surface area (Å²) in [6.07, 6.45) is 0. The van der Waals surface area contributed by atoms with Crippen LogP contribution in [-0.4, -0.2) is 4.98 Å². The summed E-state index contributed by atoms with van der Waals surface area (Å²) in [6, 6.07) is 14.0. The van der Waals surface area contributed by atoms with Crippen LogP contribution in [0.25, 0.3) is 22.2 Å². The SMILES string of the molecule is Nc1cc(-c2ccccc2)nc2c(F)ccc(Cl)c12. The van der Waals surface area contributed by atoms with Gasteiger partial charge in [-0.15, -0.1) is 0 Å². The molecule has 1 heterocycles. The number of fused-ring (bicyclic) bond motifs is 1. The van der Waals surface area contributed by atoms with E-state index in [1.54, 1.807) is 6.07 Å². The highest BCUT2D eigenvalue weighted by Gasteiger charge is 2.12. The minimum absolute atomic E-state index is 0.200. The third-order valence-corrected chi connectivity index (χ3v) is 3.28. The fourth-order valence-corrected chi connectivity index (χ4v) is 2.32. The van der Waals surface area contributed by atoms with Crippen LogP contribution in [0.3, 0.4) is 0 Å². The number of hydrogen-bond donors (Lipinski definition) is 1. The smallest absolute Gasteiger partial charge is 0.149 e. The van der Waals surface area contributed by atoms with Crippen molar-refractivity contribution in [1.82, 2.24) is 4.98 Å². The fourth-order valence-electron chi connectivity index (χ4n) is 2.05. The van der Waals surface area contributed by atoms with Crippen LogP contribution in [0.4, 0.5) is 10.1 Å². The van der Waals surface area contributed by atoms with Crippen molar-refractivity contribution in [3.63, 3.8) is 0 Å². The maximum atomic E-state index is 13.9. The Hall–Kier alpha value is -2.13. The highest BCUT2D eigenvalue weighted by atomic mass is 35.5. The first-order valence-electron chi connectivity index (χ1n) is 5.76. The molecule has 0 saturated carbocycles. The first kappa shape index (κ1) is 11.9. The van der Waals surface area contributed by atoms with E-state index >= 15 is 0 Å². The molecule has 0 radical (unpaired) electrons. The lowest BCUT2D eigenvalue weighted by atomic mass is 10.1. The van der Waals surface area contributed by atoms with Crippen LogP contribution >= 0.6 is 11.6 Å². The van der Waals surface area contributed by atoms with Crippen molar-refractivity contribution in [3.05, 3.63) is 59.4 Å². The summed E-state index contributed by atoms with van der Waals surface area (Å²) in [4.78, 5) is 4.33. The molecular formula is C15H10ClFN2. The largest absolute Gasteiger partial charge is 0.398 e. The van der Waals surface area contributed by atoms with Crippen LogP contribution in [0.2, 0.25) is 5.02 Å². The molecule has 2 nitrogen and oxygen atoms in total. The highest BCUT2D eigenvalue weighted by molar-refractivity contribution is 6.36. The molecule has 0 aliphatic carbocycles. The normalized spacial score (nSPS) is 10.8. The Labute approximate surface area is 114 Å². The quantitative estimate of drug-likeness (QED) is 0.718. The summed E-state index contributed by atoms with van der Waals surface area (Å²) < 4.78 is 13.9. The van der Waals surface area contributed by atoms with Gasteiger partial charge >= 0.3 is 0 Å². The Kier molecular flexibility index (Phi) is 2.84. The van der Waals surface area contributed by atoms with Gasteiger partial charge in [-0.05, 0) is 18.2 Å². The molecule has 3 rings (SSSR count). The lowest BCUT2D eigenvalue weighted by Crippen LogP contribution is -1.95. The number of nitrogens with zero attached hydrogens (tertiary/aromatic N) is 1. The molecule has 0 fully saturated rings. The van der Waals surface area contributed by atoms with E-state index in [0.717, 1.165) is 5.56 Å². The van der Waals surface area contributed by atoms with E-state index in [2.05, 4.69) is 4.98 Å². The lowest BCUT2D eigenvalue weighted by Gasteiger charge is -2.08. The second-order valence-electron chi connectivity index (χ2n) is 4.22. The van der Waals surface area contributed by atoms with Crippen LogP contribution in [0.5, 0.6) is 0 Å². The number of aromatic nitrogens is 1. The van der Waals surface area contributed by atoms with Gasteiger partial charge in [-0.2, -0.15) is 0 Å². The third kappa shape index (κ3) is 2.02. The maximum Gasteiger partial charge on any atom is 0.149 e. The number of halogens is 2. The van der Waals surface area contributed by atoms with Gasteiger partial charge in [0, 0.05) is 16.6 Å². The summed E-state index contributed by atoms with van der Waals surface area (Å²) >= 11 is 6.05. The van der Waals surface area contributed by atoms with Gasteiger partial charge in [0.2, 0.25) is 0 Å². The van der Waals surface area contributed by atoms with Crippen molar-refractivity contribution in [1.29, 1.82) is 0 Å². The van der Waals surface area contributed by atoms with Gasteiger partial charge in [0.15, 0.2) is 0 Å². The number of nitrogens with two attached hydrogens (primary N) is 1. The fraction of sp³-hybridized carbons (Fsp3) is 0. The Bertz CT molecular complexity index is 757. The zero-order chi connectivity index (χ0) is 13.4. The molecule has 1 aromatic heterocycles. The first-order chi connectivity index (χ1) is 9.16. The number of nitrogen functional groups attached to an aromatic ring is 1. The van der Waals surface area contributed by atoms with E-state index in [-0.39, 0.29) is 5.52 Å². The maximum absolute atomic E-state index is 13.9. The number of anilines is 1. The topological polar surface area (TPSA) is 38.9 Å². The van der Waals surface area contributed by atoms with E-state index in [1.807, 2.05) is 30.3 Å². The van der Waals surface area contributed by atoms with Crippen LogP contribution < -0.4 is 5.73 Å². The molecule has 0 amide bonds. The van der Waals surface area contributed by atoms with Gasteiger partial charge in [0.1, 0.15) is 11.3 Å². The predicted octanol–water partition coefficient (Wildman–Crippen LogP) is 4.28. The summed E-state index contributed by atoms with van der Waals surface area (Å²) in [7, 11) is 0. The molecule has 94 valence electrons. The lowest BCUT2D eigenvalue weighted by molar-refractivity contribution is 0.637. The summed E-state index contributed by atoms with van der Waals surface area (Å²) in [5.41, 5.74) is 8.11. The molecule has 4 heteroatoms. The van der Waals surface area contributed by atoms with Crippen molar-refractivity contribution >= 4 is 28.2 Å². The number of rotatable bonds is 1. The Morgan fingerprint density at radius 1 is 1.05 bits per heavy atom. The number of pyridine rings is 1. The van der Waals surface area contributed by atoms with Gasteiger partial charge in [0.25, 0.3) is 0 Å². The van der Waals surface area contributed by atoms with Gasteiger partial charge in [-0.25, -0.2) is 9.37 Å². The van der Waals surface area contributed by atoms with E-state index in [0.29, 0.717) is 21.8 Å². The van der Waals surface area contributed by atoms with Crippen molar-refractivity contribution < 1.29 is 4.39 Å². The Morgan fingerprint density at radius 3 is 2.53 bits per heavy atom. The molecule has 0 saturated heterocycles. The molecule has 0 aliphatic heterocycles. The molecule has 19 heavy (non-hydrogen) atoms. The summed E-state index contributed by atoms with van der Waals surface area (Å²) in [6.45, 7) is 0. The average molecular weight is 273 g/mol. The van der Waals surface area contributed by atoms with Crippen molar-refractivity contribution in [2.75, 3.05) is 5.73 Å². The molecule has 2 aromatic carbocycles. The van der Waals surface area contributed by atoms with E-state index in [1.165, 1.54) is 12.1 Å². The zero-order valence-corrected chi connectivity index (χ0v) is 10.7. The van der Waals surface area contributed by atoms with Crippen LogP contribution in [0.1, 0.15) is 0 Å². The molecule has 0 unspecified atom stereocenters. The highest BCUT2D eigenvalue weighted by Crippen LogP contribution is 2.32. The average Bonchev–Trinajstić information content (AvgIpc) is 2.43. The first-order valence-corrected chi connectivity index (χ1v) is 6.14. The molecule has 0 spiro atoms. The van der Waals surface area contributed by atoms with Gasteiger partial charge < -0.3 is 5.73 Å². The van der Waals surface area contributed by atoms with Gasteiger partial charge in [0.05, 0.1) is 10.7 Å². The third-order valence-electron chi connectivity index (χ3n) is 2.96. The zero-order valence-electron chi connectivity index (χ0n) is 9.90. The second-order valence-corrected chi connectivity index (χ2v) is 4.62. The molecule has 0 aliphatic rings. The standard InChI is InChI=1S/C15H10ClFN2/c16-10-6-7-11(17)15-14(10)12(18)8-13(19-15)9-4-2-1-3-5-9/h1-8H,(H2,18,19). The summed E-state index contributed by atoms with van der Waals surface area (Å²) in [5, 5.41) is 0.863. The predicted molar refractivity (Wildman–Crippen MR) is 76.6 cm³/mol.